The number of benzene rings is 1. The van der Waals surface area contributed by atoms with Crippen LogP contribution in [0.4, 0.5) is 4.39 Å². The number of likely N-dealkylation sites (N-methyl/N-ethyl adjacent to an activating group) is 1. The second kappa shape index (κ2) is 7.02. The van der Waals surface area contributed by atoms with Gasteiger partial charge in [0.05, 0.1) is 11.6 Å². The summed E-state index contributed by atoms with van der Waals surface area (Å²) >= 11 is 7.43. The Kier molecular flexibility index (Phi) is 5.33. The molecule has 0 saturated heterocycles. The SMILES string of the molecule is CN(C)C(CNC(=O)c1cc(Cl)ccc1F)c1cccs1. The summed E-state index contributed by atoms with van der Waals surface area (Å²) in [5.41, 5.74) is -0.0359. The normalized spacial score (nSPS) is 12.4. The molecular formula is C15H16ClFN2OS. The largest absolute Gasteiger partial charge is 0.350 e. The van der Waals surface area contributed by atoms with Gasteiger partial charge in [-0.2, -0.15) is 0 Å². The second-order valence-corrected chi connectivity index (χ2v) is 6.24. The zero-order valence-corrected chi connectivity index (χ0v) is 13.3. The molecule has 1 unspecified atom stereocenters. The van der Waals surface area contributed by atoms with Crippen molar-refractivity contribution >= 4 is 28.8 Å². The van der Waals surface area contributed by atoms with Crippen molar-refractivity contribution in [2.24, 2.45) is 0 Å². The summed E-state index contributed by atoms with van der Waals surface area (Å²) in [7, 11) is 3.88. The molecule has 2 aromatic rings. The van der Waals surface area contributed by atoms with Crippen LogP contribution >= 0.6 is 22.9 Å². The summed E-state index contributed by atoms with van der Waals surface area (Å²) in [6.45, 7) is 0.401. The molecule has 0 aliphatic heterocycles. The lowest BCUT2D eigenvalue weighted by atomic mass is 10.1. The maximum absolute atomic E-state index is 13.6. The van der Waals surface area contributed by atoms with Crippen LogP contribution in [0.15, 0.2) is 35.7 Å². The molecule has 6 heteroatoms. The van der Waals surface area contributed by atoms with Gasteiger partial charge in [0.1, 0.15) is 5.82 Å². The number of hydrogen-bond donors (Lipinski definition) is 1. The monoisotopic (exact) mass is 326 g/mol. The quantitative estimate of drug-likeness (QED) is 0.911. The van der Waals surface area contributed by atoms with Crippen LogP contribution in [0.25, 0.3) is 0 Å². The van der Waals surface area contributed by atoms with Gasteiger partial charge in [0.2, 0.25) is 0 Å². The summed E-state index contributed by atoms with van der Waals surface area (Å²) < 4.78 is 13.6. The van der Waals surface area contributed by atoms with Crippen LogP contribution in [0, 0.1) is 5.82 Å². The van der Waals surface area contributed by atoms with Crippen LogP contribution in [0.2, 0.25) is 5.02 Å². The number of amides is 1. The molecule has 0 fully saturated rings. The minimum Gasteiger partial charge on any atom is -0.350 e. The first-order chi connectivity index (χ1) is 9.99. The van der Waals surface area contributed by atoms with Crippen molar-refractivity contribution in [3.05, 3.63) is 57.0 Å². The molecule has 0 aliphatic rings. The van der Waals surface area contributed by atoms with Crippen LogP contribution in [0.3, 0.4) is 0 Å². The number of carbonyl (C=O) groups excluding carboxylic acids is 1. The Labute approximate surface area is 132 Å². The molecule has 1 aromatic heterocycles. The van der Waals surface area contributed by atoms with Crippen molar-refractivity contribution in [1.82, 2.24) is 10.2 Å². The van der Waals surface area contributed by atoms with Gasteiger partial charge < -0.3 is 10.2 Å². The van der Waals surface area contributed by atoms with Crippen molar-refractivity contribution in [2.75, 3.05) is 20.6 Å². The van der Waals surface area contributed by atoms with Crippen LogP contribution in [-0.4, -0.2) is 31.4 Å². The Hall–Kier alpha value is -1.43. The van der Waals surface area contributed by atoms with E-state index < -0.39 is 11.7 Å². The average Bonchev–Trinajstić information content (AvgIpc) is 2.95. The van der Waals surface area contributed by atoms with E-state index in [-0.39, 0.29) is 11.6 Å². The minimum absolute atomic E-state index is 0.0359. The van der Waals surface area contributed by atoms with Crippen LogP contribution in [0.5, 0.6) is 0 Å². The fraction of sp³-hybridized carbons (Fsp3) is 0.267. The highest BCUT2D eigenvalue weighted by Crippen LogP contribution is 2.22. The van der Waals surface area contributed by atoms with E-state index in [1.807, 2.05) is 36.5 Å². The van der Waals surface area contributed by atoms with Crippen molar-refractivity contribution in [3.8, 4) is 0 Å². The summed E-state index contributed by atoms with van der Waals surface area (Å²) in [4.78, 5) is 15.2. The Morgan fingerprint density at radius 2 is 2.19 bits per heavy atom. The Morgan fingerprint density at radius 3 is 2.81 bits per heavy atom. The van der Waals surface area contributed by atoms with Gasteiger partial charge >= 0.3 is 0 Å². The third-order valence-corrected chi connectivity index (χ3v) is 4.33. The van der Waals surface area contributed by atoms with Gasteiger partial charge in [0.25, 0.3) is 5.91 Å². The molecule has 0 spiro atoms. The van der Waals surface area contributed by atoms with E-state index in [0.717, 1.165) is 4.88 Å². The van der Waals surface area contributed by atoms with Crippen LogP contribution < -0.4 is 5.32 Å². The standard InChI is InChI=1S/C15H16ClFN2OS/c1-19(2)13(14-4-3-7-21-14)9-18-15(20)11-8-10(16)5-6-12(11)17/h3-8,13H,9H2,1-2H3,(H,18,20). The summed E-state index contributed by atoms with van der Waals surface area (Å²) in [5.74, 6) is -1.03. The predicted octanol–water partition coefficient (Wildman–Crippen LogP) is 3.57. The third-order valence-electron chi connectivity index (χ3n) is 3.12. The van der Waals surface area contributed by atoms with Gasteiger partial charge in [-0.25, -0.2) is 4.39 Å². The Balaban J connectivity index is 2.07. The Morgan fingerprint density at radius 1 is 1.43 bits per heavy atom. The number of carbonyl (C=O) groups is 1. The summed E-state index contributed by atoms with van der Waals surface area (Å²) in [6.07, 6.45) is 0. The molecule has 1 atom stereocenters. The summed E-state index contributed by atoms with van der Waals surface area (Å²) in [6, 6.07) is 7.98. The van der Waals surface area contributed by atoms with Gasteiger partial charge in [-0.3, -0.25) is 4.79 Å². The van der Waals surface area contributed by atoms with Crippen molar-refractivity contribution < 1.29 is 9.18 Å². The lowest BCUT2D eigenvalue weighted by molar-refractivity contribution is 0.0938. The van der Waals surface area contributed by atoms with Gasteiger partial charge in [-0.05, 0) is 43.7 Å². The lowest BCUT2D eigenvalue weighted by Gasteiger charge is -2.23. The van der Waals surface area contributed by atoms with E-state index in [1.165, 1.54) is 18.2 Å². The maximum atomic E-state index is 13.6. The van der Waals surface area contributed by atoms with Crippen molar-refractivity contribution in [1.29, 1.82) is 0 Å². The number of nitrogens with zero attached hydrogens (tertiary/aromatic N) is 1. The van der Waals surface area contributed by atoms with Crippen molar-refractivity contribution in [3.63, 3.8) is 0 Å². The molecule has 1 aromatic carbocycles. The molecule has 3 nitrogen and oxygen atoms in total. The van der Waals surface area contributed by atoms with Gasteiger partial charge in [0.15, 0.2) is 0 Å². The van der Waals surface area contributed by atoms with E-state index in [9.17, 15) is 9.18 Å². The van der Waals surface area contributed by atoms with Crippen LogP contribution in [0.1, 0.15) is 21.3 Å². The molecule has 0 saturated carbocycles. The summed E-state index contributed by atoms with van der Waals surface area (Å²) in [5, 5.41) is 5.09. The number of halogens is 2. The highest BCUT2D eigenvalue weighted by Gasteiger charge is 2.18. The number of nitrogens with one attached hydrogen (secondary N) is 1. The maximum Gasteiger partial charge on any atom is 0.254 e. The first-order valence-corrected chi connectivity index (χ1v) is 7.68. The molecule has 0 aliphatic carbocycles. The lowest BCUT2D eigenvalue weighted by Crippen LogP contribution is -2.34. The first kappa shape index (κ1) is 15.9. The topological polar surface area (TPSA) is 32.3 Å². The highest BCUT2D eigenvalue weighted by molar-refractivity contribution is 7.10. The average molecular weight is 327 g/mol. The molecule has 1 amide bonds. The molecule has 2 rings (SSSR count). The molecular weight excluding hydrogens is 311 g/mol. The predicted molar refractivity (Wildman–Crippen MR) is 84.5 cm³/mol. The molecule has 1 heterocycles. The van der Waals surface area contributed by atoms with Gasteiger partial charge in [0, 0.05) is 16.4 Å². The molecule has 112 valence electrons. The molecule has 1 N–H and O–H groups in total. The van der Waals surface area contributed by atoms with Crippen molar-refractivity contribution in [2.45, 2.75) is 6.04 Å². The number of hydrogen-bond acceptors (Lipinski definition) is 3. The molecule has 0 bridgehead atoms. The van der Waals surface area contributed by atoms with E-state index >= 15 is 0 Å². The fourth-order valence-electron chi connectivity index (χ4n) is 1.97. The van der Waals surface area contributed by atoms with E-state index in [0.29, 0.717) is 11.6 Å². The first-order valence-electron chi connectivity index (χ1n) is 6.42. The second-order valence-electron chi connectivity index (χ2n) is 4.83. The zero-order chi connectivity index (χ0) is 15.4. The van der Waals surface area contributed by atoms with E-state index in [2.05, 4.69) is 5.32 Å². The Bertz CT molecular complexity index is 616. The fourth-order valence-corrected chi connectivity index (χ4v) is 3.07. The van der Waals surface area contributed by atoms with E-state index in [4.69, 9.17) is 11.6 Å². The van der Waals surface area contributed by atoms with Gasteiger partial charge in [-0.15, -0.1) is 11.3 Å². The molecule has 0 radical (unpaired) electrons. The highest BCUT2D eigenvalue weighted by atomic mass is 35.5. The molecule has 21 heavy (non-hydrogen) atoms. The number of rotatable bonds is 5. The van der Waals surface area contributed by atoms with Crippen LogP contribution in [-0.2, 0) is 0 Å². The third kappa shape index (κ3) is 4.03. The smallest absolute Gasteiger partial charge is 0.254 e. The van der Waals surface area contributed by atoms with E-state index in [1.54, 1.807) is 11.3 Å². The zero-order valence-electron chi connectivity index (χ0n) is 11.8. The van der Waals surface area contributed by atoms with Gasteiger partial charge in [-0.1, -0.05) is 17.7 Å². The minimum atomic E-state index is -0.575. The number of thiophene rings is 1.